The van der Waals surface area contributed by atoms with Crippen LogP contribution in [0.3, 0.4) is 0 Å². The standard InChI is InChI=1S/C6H5F4NS/c7-5-1-3-6(4-2-5)11-12(8,9)10/h1-4,11H. The van der Waals surface area contributed by atoms with Gasteiger partial charge < -0.3 is 0 Å². The van der Waals surface area contributed by atoms with Crippen LogP contribution in [0.1, 0.15) is 0 Å². The highest BCUT2D eigenvalue weighted by molar-refractivity contribution is 8.22. The Labute approximate surface area is 68.7 Å². The number of nitrogens with one attached hydrogen (secondary N) is 1. The van der Waals surface area contributed by atoms with Gasteiger partial charge in [-0.3, -0.25) is 4.72 Å². The SMILES string of the molecule is Fc1ccc(NS(F)(F)F)cc1. The average Bonchev–Trinajstić information content (AvgIpc) is 1.91. The van der Waals surface area contributed by atoms with Crippen molar-refractivity contribution in [1.29, 1.82) is 0 Å². The van der Waals surface area contributed by atoms with Crippen LogP contribution in [0.15, 0.2) is 24.3 Å². The first-order valence-corrected chi connectivity index (χ1v) is 4.26. The van der Waals surface area contributed by atoms with Crippen LogP contribution in [0.25, 0.3) is 0 Å². The van der Waals surface area contributed by atoms with Gasteiger partial charge >= 0.3 is 0 Å². The maximum atomic E-state index is 12.2. The molecule has 1 aromatic carbocycles. The minimum atomic E-state index is -5.26. The molecule has 0 aliphatic heterocycles. The molecule has 0 radical (unpaired) electrons. The third-order valence-corrected chi connectivity index (χ3v) is 1.54. The molecule has 1 N–H and O–H groups in total. The van der Waals surface area contributed by atoms with Crippen molar-refractivity contribution < 1.29 is 16.0 Å². The molecular weight excluding hydrogens is 194 g/mol. The summed E-state index contributed by atoms with van der Waals surface area (Å²) in [5, 5.41) is 0. The fraction of sp³-hybridized carbons (Fsp3) is 0. The molecule has 0 aromatic heterocycles. The van der Waals surface area contributed by atoms with Crippen LogP contribution in [0, 0.1) is 5.82 Å². The number of hydrogen-bond acceptors (Lipinski definition) is 1. The van der Waals surface area contributed by atoms with Gasteiger partial charge in [0.1, 0.15) is 5.82 Å². The van der Waals surface area contributed by atoms with Crippen molar-refractivity contribution in [2.45, 2.75) is 0 Å². The number of hydrogen-bond donors (Lipinski definition) is 1. The molecule has 1 rings (SSSR count). The van der Waals surface area contributed by atoms with E-state index in [2.05, 4.69) is 0 Å². The van der Waals surface area contributed by atoms with Crippen molar-refractivity contribution >= 4 is 17.1 Å². The third-order valence-electron chi connectivity index (χ3n) is 1.08. The van der Waals surface area contributed by atoms with Crippen LogP contribution >= 0.6 is 11.4 Å². The smallest absolute Gasteiger partial charge is 0.274 e. The van der Waals surface area contributed by atoms with Gasteiger partial charge in [-0.15, -0.1) is 11.7 Å². The highest BCUT2D eigenvalue weighted by Crippen LogP contribution is 2.52. The minimum Gasteiger partial charge on any atom is -0.274 e. The molecule has 1 aromatic rings. The Hall–Kier alpha value is -0.910. The number of halogens is 4. The second-order valence-electron chi connectivity index (χ2n) is 2.02. The van der Waals surface area contributed by atoms with Crippen molar-refractivity contribution in [3.63, 3.8) is 0 Å². The van der Waals surface area contributed by atoms with Crippen LogP contribution in [0.4, 0.5) is 21.7 Å². The Morgan fingerprint density at radius 3 is 1.92 bits per heavy atom. The molecule has 6 heteroatoms. The summed E-state index contributed by atoms with van der Waals surface area (Å²) in [4.78, 5) is 0. The van der Waals surface area contributed by atoms with Gasteiger partial charge in [-0.05, 0) is 24.3 Å². The first-order chi connectivity index (χ1) is 5.47. The summed E-state index contributed by atoms with van der Waals surface area (Å²) in [6, 6.07) is 4.01. The van der Waals surface area contributed by atoms with E-state index in [-0.39, 0.29) is 5.69 Å². The first-order valence-electron chi connectivity index (χ1n) is 2.93. The Morgan fingerprint density at radius 1 is 1.00 bits per heavy atom. The normalized spacial score (nSPS) is 12.7. The zero-order valence-corrected chi connectivity index (χ0v) is 6.55. The molecule has 0 fully saturated rings. The monoisotopic (exact) mass is 199 g/mol. The third kappa shape index (κ3) is 3.00. The topological polar surface area (TPSA) is 12.0 Å². The van der Waals surface area contributed by atoms with Gasteiger partial charge in [-0.2, -0.15) is 0 Å². The Kier molecular flexibility index (Phi) is 2.46. The van der Waals surface area contributed by atoms with Crippen LogP contribution < -0.4 is 4.72 Å². The molecule has 0 amide bonds. The van der Waals surface area contributed by atoms with Crippen LogP contribution in [-0.4, -0.2) is 0 Å². The maximum Gasteiger partial charge on any atom is 0.299 e. The molecule has 68 valence electrons. The molecule has 0 aliphatic carbocycles. The lowest BCUT2D eigenvalue weighted by Crippen LogP contribution is -1.93. The van der Waals surface area contributed by atoms with Crippen molar-refractivity contribution in [3.05, 3.63) is 30.1 Å². The summed E-state index contributed by atoms with van der Waals surface area (Å²) in [6.07, 6.45) is 0. The van der Waals surface area contributed by atoms with E-state index >= 15 is 0 Å². The molecular formula is C6H5F4NS. The molecule has 0 saturated carbocycles. The Balaban J connectivity index is 2.71. The summed E-state index contributed by atoms with van der Waals surface area (Å²) in [5.74, 6) is -0.558. The maximum absolute atomic E-state index is 12.2. The highest BCUT2D eigenvalue weighted by atomic mass is 32.3. The molecule has 12 heavy (non-hydrogen) atoms. The van der Waals surface area contributed by atoms with Gasteiger partial charge in [0.05, 0.1) is 0 Å². The lowest BCUT2D eigenvalue weighted by atomic mass is 10.3. The van der Waals surface area contributed by atoms with Gasteiger partial charge in [0, 0.05) is 5.69 Å². The van der Waals surface area contributed by atoms with Crippen LogP contribution in [0.5, 0.6) is 0 Å². The van der Waals surface area contributed by atoms with Crippen molar-refractivity contribution in [2.24, 2.45) is 0 Å². The Bertz CT molecular complexity index is 255. The molecule has 1 nitrogen and oxygen atoms in total. The van der Waals surface area contributed by atoms with Gasteiger partial charge in [-0.1, -0.05) is 0 Å². The van der Waals surface area contributed by atoms with Crippen LogP contribution in [0.2, 0.25) is 0 Å². The molecule has 0 unspecified atom stereocenters. The average molecular weight is 199 g/mol. The van der Waals surface area contributed by atoms with E-state index in [9.17, 15) is 16.0 Å². The molecule has 0 bridgehead atoms. The fourth-order valence-corrected chi connectivity index (χ4v) is 1.05. The first kappa shape index (κ1) is 9.18. The van der Waals surface area contributed by atoms with E-state index in [1.54, 1.807) is 0 Å². The summed E-state index contributed by atoms with van der Waals surface area (Å²) in [5.41, 5.74) is -0.140. The van der Waals surface area contributed by atoms with Crippen molar-refractivity contribution in [2.75, 3.05) is 4.72 Å². The number of anilines is 1. The van der Waals surface area contributed by atoms with E-state index in [1.807, 2.05) is 0 Å². The molecule has 0 spiro atoms. The molecule has 0 aliphatic rings. The van der Waals surface area contributed by atoms with E-state index in [0.717, 1.165) is 24.3 Å². The lowest BCUT2D eigenvalue weighted by Gasteiger charge is -2.11. The second kappa shape index (κ2) is 3.22. The van der Waals surface area contributed by atoms with E-state index in [4.69, 9.17) is 0 Å². The van der Waals surface area contributed by atoms with Crippen molar-refractivity contribution in [3.8, 4) is 0 Å². The quantitative estimate of drug-likeness (QED) is 0.717. The predicted molar refractivity (Wildman–Crippen MR) is 40.9 cm³/mol. The summed E-state index contributed by atoms with van der Waals surface area (Å²) < 4.78 is 48.7. The zero-order chi connectivity index (χ0) is 9.19. The van der Waals surface area contributed by atoms with Crippen LogP contribution in [-0.2, 0) is 0 Å². The van der Waals surface area contributed by atoms with Crippen molar-refractivity contribution in [1.82, 2.24) is 0 Å². The van der Waals surface area contributed by atoms with E-state index in [1.165, 1.54) is 4.72 Å². The Morgan fingerprint density at radius 2 is 1.50 bits per heavy atom. The number of benzene rings is 1. The predicted octanol–water partition coefficient (Wildman–Crippen LogP) is 3.61. The minimum absolute atomic E-state index is 0.140. The summed E-state index contributed by atoms with van der Waals surface area (Å²) >= 11 is -5.26. The van der Waals surface area contributed by atoms with Gasteiger partial charge in [0.25, 0.3) is 11.4 Å². The zero-order valence-electron chi connectivity index (χ0n) is 5.73. The largest absolute Gasteiger partial charge is 0.299 e. The number of rotatable bonds is 2. The summed E-state index contributed by atoms with van der Waals surface area (Å²) in [6.45, 7) is 0. The second-order valence-corrected chi connectivity index (χ2v) is 3.03. The van der Waals surface area contributed by atoms with E-state index in [0.29, 0.717) is 0 Å². The fourth-order valence-electron chi connectivity index (χ4n) is 0.652. The van der Waals surface area contributed by atoms with Gasteiger partial charge in [-0.25, -0.2) is 4.39 Å². The van der Waals surface area contributed by atoms with E-state index < -0.39 is 17.2 Å². The molecule has 0 heterocycles. The summed E-state index contributed by atoms with van der Waals surface area (Å²) in [7, 11) is 0. The van der Waals surface area contributed by atoms with Gasteiger partial charge in [0.2, 0.25) is 0 Å². The molecule has 0 saturated heterocycles. The molecule has 0 atom stereocenters. The van der Waals surface area contributed by atoms with Gasteiger partial charge in [0.15, 0.2) is 0 Å². The highest BCUT2D eigenvalue weighted by Gasteiger charge is 2.19. The lowest BCUT2D eigenvalue weighted by molar-refractivity contribution is 0.627.